The molecule has 8 heteroatoms. The van der Waals surface area contributed by atoms with Gasteiger partial charge in [0.05, 0.1) is 11.5 Å². The highest BCUT2D eigenvalue weighted by Gasteiger charge is 2.28. The van der Waals surface area contributed by atoms with Crippen molar-refractivity contribution in [2.45, 2.75) is 39.7 Å². The summed E-state index contributed by atoms with van der Waals surface area (Å²) in [4.78, 5) is 20.4. The fourth-order valence-electron chi connectivity index (χ4n) is 3.14. The summed E-state index contributed by atoms with van der Waals surface area (Å²) in [6.07, 6.45) is 2.55. The van der Waals surface area contributed by atoms with Crippen molar-refractivity contribution >= 4 is 47.2 Å². The lowest BCUT2D eigenvalue weighted by molar-refractivity contribution is -0.128. The summed E-state index contributed by atoms with van der Waals surface area (Å²) < 4.78 is 0. The number of hydrogen-bond acceptors (Lipinski definition) is 4. The maximum absolute atomic E-state index is 12.1. The molecule has 0 spiro atoms. The van der Waals surface area contributed by atoms with E-state index in [0.717, 1.165) is 25.6 Å². The van der Waals surface area contributed by atoms with Gasteiger partial charge in [0.25, 0.3) is 0 Å². The van der Waals surface area contributed by atoms with Crippen molar-refractivity contribution in [1.82, 2.24) is 20.9 Å². The lowest BCUT2D eigenvalue weighted by Gasteiger charge is -2.29. The highest BCUT2D eigenvalue weighted by atomic mass is 127. The molecule has 1 unspecified atom stereocenters. The predicted molar refractivity (Wildman–Crippen MR) is 125 cm³/mol. The van der Waals surface area contributed by atoms with Crippen molar-refractivity contribution < 1.29 is 4.79 Å². The summed E-state index contributed by atoms with van der Waals surface area (Å²) >= 11 is 1.81. The number of hydrogen-bond donors (Lipinski definition) is 3. The van der Waals surface area contributed by atoms with Crippen LogP contribution in [0, 0.1) is 5.41 Å². The predicted octanol–water partition coefficient (Wildman–Crippen LogP) is 2.83. The van der Waals surface area contributed by atoms with E-state index in [-0.39, 0.29) is 29.9 Å². The molecule has 0 saturated carbocycles. The maximum Gasteiger partial charge on any atom is 0.227 e. The number of thiophene rings is 1. The Morgan fingerprint density at radius 3 is 2.56 bits per heavy atom. The number of halogens is 1. The number of guanidine groups is 1. The van der Waals surface area contributed by atoms with Crippen molar-refractivity contribution in [1.29, 1.82) is 0 Å². The Morgan fingerprint density at radius 2 is 2.00 bits per heavy atom. The van der Waals surface area contributed by atoms with E-state index in [9.17, 15) is 4.79 Å². The molecular formula is C19H34IN5OS. The number of carbonyl (C=O) groups is 1. The Kier molecular flexibility index (Phi) is 10.6. The molecule has 3 N–H and O–H groups in total. The Bertz CT molecular complexity index is 585. The quantitative estimate of drug-likeness (QED) is 0.288. The van der Waals surface area contributed by atoms with Crippen LogP contribution in [0.1, 0.15) is 44.5 Å². The number of rotatable bonds is 8. The molecule has 0 aliphatic carbocycles. The molecule has 1 aromatic heterocycles. The van der Waals surface area contributed by atoms with Crippen LogP contribution in [-0.4, -0.2) is 56.5 Å². The smallest absolute Gasteiger partial charge is 0.227 e. The molecule has 1 aromatic rings. The van der Waals surface area contributed by atoms with Gasteiger partial charge in [0.2, 0.25) is 5.91 Å². The summed E-state index contributed by atoms with van der Waals surface area (Å²) in [5.74, 6) is 0.791. The van der Waals surface area contributed by atoms with E-state index >= 15 is 0 Å². The molecule has 154 valence electrons. The van der Waals surface area contributed by atoms with Gasteiger partial charge in [-0.15, -0.1) is 35.3 Å². The molecule has 0 bridgehead atoms. The summed E-state index contributed by atoms with van der Waals surface area (Å²) in [7, 11) is 1.77. The van der Waals surface area contributed by atoms with E-state index in [1.807, 2.05) is 32.1 Å². The molecule has 2 rings (SSSR count). The van der Waals surface area contributed by atoms with Crippen molar-refractivity contribution in [2.24, 2.45) is 10.4 Å². The van der Waals surface area contributed by atoms with Gasteiger partial charge in [-0.3, -0.25) is 14.7 Å². The molecule has 1 aliphatic rings. The fraction of sp³-hybridized carbons (Fsp3) is 0.684. The third-order valence-corrected chi connectivity index (χ3v) is 5.76. The van der Waals surface area contributed by atoms with E-state index in [4.69, 9.17) is 0 Å². The molecule has 2 heterocycles. The van der Waals surface area contributed by atoms with Crippen LogP contribution in [0.15, 0.2) is 22.5 Å². The molecule has 27 heavy (non-hydrogen) atoms. The minimum absolute atomic E-state index is 0. The van der Waals surface area contributed by atoms with Crippen LogP contribution < -0.4 is 16.0 Å². The van der Waals surface area contributed by atoms with Crippen LogP contribution in [-0.2, 0) is 4.79 Å². The van der Waals surface area contributed by atoms with Gasteiger partial charge in [-0.1, -0.05) is 6.07 Å². The van der Waals surface area contributed by atoms with E-state index < -0.39 is 5.41 Å². The van der Waals surface area contributed by atoms with Crippen molar-refractivity contribution in [3.63, 3.8) is 0 Å². The maximum atomic E-state index is 12.1. The van der Waals surface area contributed by atoms with Gasteiger partial charge in [-0.2, -0.15) is 0 Å². The monoisotopic (exact) mass is 507 g/mol. The molecule has 1 aliphatic heterocycles. The number of aliphatic imine (C=N–C) groups is 1. The molecule has 1 atom stereocenters. The Labute approximate surface area is 184 Å². The van der Waals surface area contributed by atoms with Crippen molar-refractivity contribution in [3.8, 4) is 0 Å². The van der Waals surface area contributed by atoms with Crippen LogP contribution in [0.25, 0.3) is 0 Å². The van der Waals surface area contributed by atoms with E-state index in [1.54, 1.807) is 7.05 Å². The van der Waals surface area contributed by atoms with Crippen LogP contribution >= 0.6 is 35.3 Å². The molecule has 6 nitrogen and oxygen atoms in total. The van der Waals surface area contributed by atoms with Gasteiger partial charge < -0.3 is 16.0 Å². The fourth-order valence-corrected chi connectivity index (χ4v) is 4.00. The second-order valence-electron chi connectivity index (χ2n) is 7.32. The number of amides is 1. The highest BCUT2D eigenvalue weighted by molar-refractivity contribution is 14.0. The van der Waals surface area contributed by atoms with Gasteiger partial charge in [-0.05, 0) is 58.1 Å². The standard InChI is InChI=1S/C19H33N5OS.HI/c1-5-21-17(25)19(2,3)14-23-18(20-4)22-13-15(16-9-8-12-26-16)24-10-6-7-11-24;/h8-9,12,15H,5-7,10-11,13-14H2,1-4H3,(H,21,25)(H2,20,22,23);1H. The van der Waals surface area contributed by atoms with Gasteiger partial charge in [0.15, 0.2) is 5.96 Å². The van der Waals surface area contributed by atoms with Crippen LogP contribution in [0.4, 0.5) is 0 Å². The summed E-state index contributed by atoms with van der Waals surface area (Å²) in [6, 6.07) is 4.70. The molecule has 1 fully saturated rings. The average Bonchev–Trinajstić information content (AvgIpc) is 3.32. The van der Waals surface area contributed by atoms with Gasteiger partial charge in [-0.25, -0.2) is 0 Å². The lowest BCUT2D eigenvalue weighted by atomic mass is 9.92. The van der Waals surface area contributed by atoms with Crippen LogP contribution in [0.3, 0.4) is 0 Å². The highest BCUT2D eigenvalue weighted by Crippen LogP contribution is 2.27. The van der Waals surface area contributed by atoms with Crippen LogP contribution in [0.2, 0.25) is 0 Å². The average molecular weight is 507 g/mol. The summed E-state index contributed by atoms with van der Waals surface area (Å²) in [5.41, 5.74) is -0.490. The minimum atomic E-state index is -0.490. The Balaban J connectivity index is 0.00000364. The second-order valence-corrected chi connectivity index (χ2v) is 8.30. The van der Waals surface area contributed by atoms with Crippen molar-refractivity contribution in [2.75, 3.05) is 39.8 Å². The summed E-state index contributed by atoms with van der Waals surface area (Å²) in [6.45, 7) is 10.1. The first-order valence-electron chi connectivity index (χ1n) is 9.48. The molecule has 1 amide bonds. The number of nitrogens with one attached hydrogen (secondary N) is 3. The number of nitrogens with zero attached hydrogens (tertiary/aromatic N) is 2. The Hall–Kier alpha value is -0.870. The Morgan fingerprint density at radius 1 is 1.30 bits per heavy atom. The molecular weight excluding hydrogens is 473 g/mol. The van der Waals surface area contributed by atoms with E-state index in [0.29, 0.717) is 19.1 Å². The normalized spacial score (nSPS) is 16.5. The van der Waals surface area contributed by atoms with Gasteiger partial charge >= 0.3 is 0 Å². The number of likely N-dealkylation sites (tertiary alicyclic amines) is 1. The first kappa shape index (κ1) is 24.2. The largest absolute Gasteiger partial charge is 0.356 e. The second kappa shape index (κ2) is 11.9. The first-order valence-corrected chi connectivity index (χ1v) is 10.4. The lowest BCUT2D eigenvalue weighted by Crippen LogP contribution is -2.49. The molecule has 0 aromatic carbocycles. The van der Waals surface area contributed by atoms with E-state index in [1.165, 1.54) is 17.7 Å². The zero-order valence-electron chi connectivity index (χ0n) is 16.9. The van der Waals surface area contributed by atoms with Crippen molar-refractivity contribution in [3.05, 3.63) is 22.4 Å². The van der Waals surface area contributed by atoms with Gasteiger partial charge in [0, 0.05) is 31.6 Å². The molecule has 1 saturated heterocycles. The third-order valence-electron chi connectivity index (χ3n) is 4.79. The zero-order valence-corrected chi connectivity index (χ0v) is 20.0. The minimum Gasteiger partial charge on any atom is -0.356 e. The summed E-state index contributed by atoms with van der Waals surface area (Å²) in [5, 5.41) is 11.8. The van der Waals surface area contributed by atoms with Gasteiger partial charge in [0.1, 0.15) is 0 Å². The number of carbonyl (C=O) groups excluding carboxylic acids is 1. The van der Waals surface area contributed by atoms with Crippen LogP contribution in [0.5, 0.6) is 0 Å². The third kappa shape index (κ3) is 7.23. The molecule has 0 radical (unpaired) electrons. The zero-order chi connectivity index (χ0) is 19.0. The SMILES string of the molecule is CCNC(=O)C(C)(C)CNC(=NC)NCC(c1cccs1)N1CCCC1.I. The van der Waals surface area contributed by atoms with E-state index in [2.05, 4.69) is 43.4 Å². The first-order chi connectivity index (χ1) is 12.5. The topological polar surface area (TPSA) is 68.8 Å².